The average Bonchev–Trinajstić information content (AvgIpc) is 2.96. The van der Waals surface area contributed by atoms with Crippen molar-refractivity contribution in [2.24, 2.45) is 4.99 Å². The summed E-state index contributed by atoms with van der Waals surface area (Å²) in [6.07, 6.45) is -1.54. The number of amides is 1. The van der Waals surface area contributed by atoms with Gasteiger partial charge in [-0.2, -0.15) is 0 Å². The second-order valence-corrected chi connectivity index (χ2v) is 5.66. The third-order valence-electron chi connectivity index (χ3n) is 2.98. The third kappa shape index (κ3) is 3.99. The molecule has 0 radical (unpaired) electrons. The van der Waals surface area contributed by atoms with Crippen LogP contribution in [-0.2, 0) is 14.3 Å². The minimum atomic E-state index is -1.54. The Balaban J connectivity index is 2.26. The number of ether oxygens (including phenoxy) is 2. The van der Waals surface area contributed by atoms with Gasteiger partial charge in [-0.05, 0) is 12.1 Å². The first-order valence-corrected chi connectivity index (χ1v) is 7.37. The molecule has 1 aromatic rings. The van der Waals surface area contributed by atoms with E-state index >= 15 is 0 Å². The number of benzene rings is 1. The molecule has 23 heavy (non-hydrogen) atoms. The number of carbonyl (C=O) groups is 2. The zero-order valence-electron chi connectivity index (χ0n) is 11.7. The fourth-order valence-corrected chi connectivity index (χ4v) is 2.51. The Morgan fingerprint density at radius 1 is 1.35 bits per heavy atom. The van der Waals surface area contributed by atoms with Crippen molar-refractivity contribution in [3.63, 3.8) is 0 Å². The summed E-state index contributed by atoms with van der Waals surface area (Å²) in [5.74, 6) is -0.542. The third-order valence-corrected chi connectivity index (χ3v) is 4.00. The molecular weight excluding hydrogens is 371 g/mol. The summed E-state index contributed by atoms with van der Waals surface area (Å²) in [5, 5.41) is 11.8. The lowest BCUT2D eigenvalue weighted by Crippen LogP contribution is -2.44. The number of carbonyl (C=O) groups excluding carboxylic acids is 2. The van der Waals surface area contributed by atoms with E-state index in [9.17, 15) is 14.7 Å². The van der Waals surface area contributed by atoms with Crippen molar-refractivity contribution in [2.45, 2.75) is 6.04 Å². The lowest BCUT2D eigenvalue weighted by Gasteiger charge is -2.26. The molecule has 1 unspecified atom stereocenters. The van der Waals surface area contributed by atoms with Crippen molar-refractivity contribution >= 4 is 58.5 Å². The Hall–Kier alpha value is -1.70. The van der Waals surface area contributed by atoms with Gasteiger partial charge in [0.2, 0.25) is 5.90 Å². The van der Waals surface area contributed by atoms with Crippen molar-refractivity contribution < 1.29 is 24.2 Å². The van der Waals surface area contributed by atoms with E-state index in [0.717, 1.165) is 4.90 Å². The van der Waals surface area contributed by atoms with Gasteiger partial charge in [-0.3, -0.25) is 0 Å². The summed E-state index contributed by atoms with van der Waals surface area (Å²) in [4.78, 5) is 27.5. The molecule has 124 valence electrons. The molecule has 10 heteroatoms. The van der Waals surface area contributed by atoms with E-state index in [4.69, 9.17) is 39.5 Å². The number of hydrogen-bond donors (Lipinski definition) is 0. The van der Waals surface area contributed by atoms with Crippen LogP contribution < -0.4 is 10.0 Å². The summed E-state index contributed by atoms with van der Waals surface area (Å²) < 4.78 is 9.74. The summed E-state index contributed by atoms with van der Waals surface area (Å²) in [5.41, 5.74) is 0.0638. The van der Waals surface area contributed by atoms with Crippen LogP contribution in [0.15, 0.2) is 17.1 Å². The second kappa shape index (κ2) is 7.25. The lowest BCUT2D eigenvalue weighted by molar-refractivity contribution is -0.246. The number of carboxylic acid groups (broad SMARTS) is 1. The molecule has 0 fully saturated rings. The molecule has 0 saturated heterocycles. The highest BCUT2D eigenvalue weighted by Gasteiger charge is 2.28. The highest BCUT2D eigenvalue weighted by atomic mass is 35.5. The first kappa shape index (κ1) is 17.7. The van der Waals surface area contributed by atoms with E-state index < -0.39 is 18.1 Å². The molecule has 0 spiro atoms. The second-order valence-electron chi connectivity index (χ2n) is 4.44. The predicted molar refractivity (Wildman–Crippen MR) is 83.4 cm³/mol. The Bertz CT molecular complexity index is 680. The molecule has 0 saturated carbocycles. The van der Waals surface area contributed by atoms with Crippen LogP contribution in [0.4, 0.5) is 10.5 Å². The van der Waals surface area contributed by atoms with Crippen molar-refractivity contribution in [1.82, 2.24) is 0 Å². The van der Waals surface area contributed by atoms with E-state index in [1.54, 1.807) is 0 Å². The first-order chi connectivity index (χ1) is 10.8. The average molecular weight is 381 g/mol. The van der Waals surface area contributed by atoms with Crippen molar-refractivity contribution in [3.8, 4) is 0 Å². The largest absolute Gasteiger partial charge is 0.530 e. The van der Waals surface area contributed by atoms with Gasteiger partial charge in [-0.15, -0.1) is 0 Å². The summed E-state index contributed by atoms with van der Waals surface area (Å²) in [6, 6.07) is 1.77. The zero-order valence-corrected chi connectivity index (χ0v) is 14.0. The minimum Gasteiger partial charge on any atom is -0.530 e. The summed E-state index contributed by atoms with van der Waals surface area (Å²) >= 11 is 17.7. The predicted octanol–water partition coefficient (Wildman–Crippen LogP) is 1.77. The SMILES string of the molecule is COC(=O)C1COC(CN(C(=O)[O-])c2cc(Cl)c(Cl)cc2Cl)=N1. The molecule has 2 rings (SSSR count). The van der Waals surface area contributed by atoms with E-state index in [2.05, 4.69) is 9.73 Å². The molecule has 1 aliphatic heterocycles. The van der Waals surface area contributed by atoms with Gasteiger partial charge in [-0.1, -0.05) is 34.8 Å². The summed E-state index contributed by atoms with van der Waals surface area (Å²) in [6.45, 7) is -0.328. The van der Waals surface area contributed by atoms with Crippen LogP contribution in [0.5, 0.6) is 0 Å². The van der Waals surface area contributed by atoms with Crippen LogP contribution in [0, 0.1) is 0 Å². The van der Waals surface area contributed by atoms with Gasteiger partial charge < -0.3 is 24.3 Å². The number of halogens is 3. The molecule has 0 bridgehead atoms. The smallest absolute Gasteiger partial charge is 0.334 e. The molecular formula is C13H10Cl3N2O5-. The quantitative estimate of drug-likeness (QED) is 0.586. The van der Waals surface area contributed by atoms with Gasteiger partial charge >= 0.3 is 5.97 Å². The van der Waals surface area contributed by atoms with Crippen LogP contribution in [0.3, 0.4) is 0 Å². The van der Waals surface area contributed by atoms with Crippen molar-refractivity contribution in [3.05, 3.63) is 27.2 Å². The number of nitrogens with zero attached hydrogens (tertiary/aromatic N) is 2. The molecule has 1 aliphatic rings. The van der Waals surface area contributed by atoms with E-state index in [-0.39, 0.29) is 39.8 Å². The molecule has 0 aromatic heterocycles. The fourth-order valence-electron chi connectivity index (χ4n) is 1.87. The van der Waals surface area contributed by atoms with Gasteiger partial charge in [0.25, 0.3) is 0 Å². The fraction of sp³-hybridized carbons (Fsp3) is 0.308. The van der Waals surface area contributed by atoms with Gasteiger partial charge in [0.05, 0.1) is 27.9 Å². The van der Waals surface area contributed by atoms with Gasteiger partial charge in [0, 0.05) is 0 Å². The highest BCUT2D eigenvalue weighted by molar-refractivity contribution is 6.44. The topological polar surface area (TPSA) is 91.3 Å². The number of aliphatic imine (C=N–C) groups is 1. The van der Waals surface area contributed by atoms with Gasteiger partial charge in [-0.25, -0.2) is 9.79 Å². The number of rotatable bonds is 4. The number of anilines is 1. The Morgan fingerprint density at radius 2 is 2.00 bits per heavy atom. The van der Waals surface area contributed by atoms with E-state index in [1.165, 1.54) is 19.2 Å². The van der Waals surface area contributed by atoms with Crippen LogP contribution in [-0.4, -0.2) is 44.3 Å². The highest BCUT2D eigenvalue weighted by Crippen LogP contribution is 2.34. The van der Waals surface area contributed by atoms with E-state index in [1.807, 2.05) is 0 Å². The van der Waals surface area contributed by atoms with Crippen LogP contribution in [0.2, 0.25) is 15.1 Å². The Morgan fingerprint density at radius 3 is 2.61 bits per heavy atom. The standard InChI is InChI=1S/C13H11Cl3N2O5/c1-22-12(19)9-5-23-11(17-9)4-18(13(20)21)10-3-7(15)6(14)2-8(10)16/h2-3,9H,4-5H2,1H3,(H,20,21)/p-1. The summed E-state index contributed by atoms with van der Waals surface area (Å²) in [7, 11) is 1.22. The molecule has 1 amide bonds. The molecule has 0 N–H and O–H groups in total. The molecule has 7 nitrogen and oxygen atoms in total. The van der Waals surface area contributed by atoms with Crippen molar-refractivity contribution in [2.75, 3.05) is 25.2 Å². The Kier molecular flexibility index (Phi) is 5.56. The first-order valence-electron chi connectivity index (χ1n) is 6.23. The molecule has 1 aromatic carbocycles. The lowest BCUT2D eigenvalue weighted by atomic mass is 10.3. The van der Waals surface area contributed by atoms with E-state index in [0.29, 0.717) is 0 Å². The van der Waals surface area contributed by atoms with Gasteiger partial charge in [0.15, 0.2) is 6.04 Å². The number of methoxy groups -OCH3 is 1. The molecule has 0 aliphatic carbocycles. The maximum atomic E-state index is 11.4. The number of esters is 1. The monoisotopic (exact) mass is 379 g/mol. The van der Waals surface area contributed by atoms with Crippen LogP contribution in [0.25, 0.3) is 0 Å². The van der Waals surface area contributed by atoms with Crippen LogP contribution in [0.1, 0.15) is 0 Å². The molecule has 1 atom stereocenters. The Labute approximate surface area is 146 Å². The van der Waals surface area contributed by atoms with Crippen molar-refractivity contribution in [1.29, 1.82) is 0 Å². The van der Waals surface area contributed by atoms with Gasteiger partial charge in [0.1, 0.15) is 19.2 Å². The normalized spacial score (nSPS) is 16.5. The minimum absolute atomic E-state index is 0.0298. The molecule has 1 heterocycles. The maximum absolute atomic E-state index is 11.4. The maximum Gasteiger partial charge on any atom is 0.334 e. The van der Waals surface area contributed by atoms with Crippen LogP contribution >= 0.6 is 34.8 Å². The number of hydrogen-bond acceptors (Lipinski definition) is 6. The zero-order chi connectivity index (χ0) is 17.1.